The van der Waals surface area contributed by atoms with Gasteiger partial charge in [-0.2, -0.15) is 10.2 Å². The molecule has 0 saturated carbocycles. The molecule has 1 aromatic carbocycles. The molecule has 1 aliphatic heterocycles. The highest BCUT2D eigenvalue weighted by Crippen LogP contribution is 2.31. The number of nitrogens with one attached hydrogen (secondary N) is 2. The van der Waals surface area contributed by atoms with Gasteiger partial charge in [-0.1, -0.05) is 0 Å². The van der Waals surface area contributed by atoms with E-state index < -0.39 is 17.5 Å². The molecule has 2 aromatic rings. The number of halogens is 1. The van der Waals surface area contributed by atoms with Crippen LogP contribution in [0.4, 0.5) is 21.0 Å². The largest absolute Gasteiger partial charge is 0.495 e. The van der Waals surface area contributed by atoms with Crippen molar-refractivity contribution >= 4 is 17.9 Å². The molecule has 0 aliphatic carbocycles. The number of carbonyl (C=O) groups is 1. The Balaban J connectivity index is 1.88. The molecule has 0 radical (unpaired) electrons. The molecule has 1 unspecified atom stereocenters. The van der Waals surface area contributed by atoms with Gasteiger partial charge in [0, 0.05) is 37.8 Å². The first-order valence-electron chi connectivity index (χ1n) is 10.7. The van der Waals surface area contributed by atoms with Crippen LogP contribution in [0.5, 0.6) is 5.75 Å². The molecule has 1 aliphatic rings. The van der Waals surface area contributed by atoms with E-state index >= 15 is 0 Å². The fourth-order valence-corrected chi connectivity index (χ4v) is 3.63. The van der Waals surface area contributed by atoms with Crippen molar-refractivity contribution in [2.45, 2.75) is 45.3 Å². The van der Waals surface area contributed by atoms with Gasteiger partial charge in [0.05, 0.1) is 12.8 Å². The molecule has 1 fully saturated rings. The molecule has 10 heteroatoms. The van der Waals surface area contributed by atoms with Crippen molar-refractivity contribution in [3.05, 3.63) is 29.6 Å². The number of alkyl carbamates (subject to hydrolysis) is 1. The zero-order valence-corrected chi connectivity index (χ0v) is 19.5. The highest BCUT2D eigenvalue weighted by Gasteiger charge is 2.26. The van der Waals surface area contributed by atoms with Crippen LogP contribution < -0.4 is 20.3 Å². The monoisotopic (exact) mass is 456 g/mol. The van der Waals surface area contributed by atoms with Crippen molar-refractivity contribution in [3.63, 3.8) is 0 Å². The van der Waals surface area contributed by atoms with Gasteiger partial charge in [-0.25, -0.2) is 14.2 Å². The van der Waals surface area contributed by atoms with Gasteiger partial charge in [0.1, 0.15) is 34.6 Å². The maximum Gasteiger partial charge on any atom is 0.407 e. The van der Waals surface area contributed by atoms with E-state index in [0.29, 0.717) is 29.6 Å². The Kier molecular flexibility index (Phi) is 7.21. The molecule has 3 rings (SSSR count). The number of methoxy groups -OCH3 is 1. The third-order valence-corrected chi connectivity index (χ3v) is 5.08. The Morgan fingerprint density at radius 3 is 2.70 bits per heavy atom. The van der Waals surface area contributed by atoms with Crippen LogP contribution in [0.1, 0.15) is 39.2 Å². The first-order valence-corrected chi connectivity index (χ1v) is 10.7. The number of hydrogen-bond donors (Lipinski definition) is 2. The lowest BCUT2D eigenvalue weighted by Crippen LogP contribution is -2.49. The summed E-state index contributed by atoms with van der Waals surface area (Å²) in [7, 11) is 3.08. The number of amides is 1. The summed E-state index contributed by atoms with van der Waals surface area (Å²) < 4.78 is 25.0. The summed E-state index contributed by atoms with van der Waals surface area (Å²) in [6.07, 6.45) is 1.23. The molecule has 2 heterocycles. The number of piperidine rings is 1. The molecule has 176 valence electrons. The predicted molar refractivity (Wildman–Crippen MR) is 123 cm³/mol. The van der Waals surface area contributed by atoms with Crippen molar-refractivity contribution in [3.8, 4) is 23.1 Å². The van der Waals surface area contributed by atoms with E-state index in [9.17, 15) is 14.4 Å². The van der Waals surface area contributed by atoms with Crippen LogP contribution in [0.25, 0.3) is 11.3 Å². The summed E-state index contributed by atoms with van der Waals surface area (Å²) in [5, 5.41) is 15.0. The minimum absolute atomic E-state index is 0.0995. The standard InChI is InChI=1S/C23H29FN6O3/c1-23(2,3)33-22(31)27-15-7-6-8-30(13-15)20-11-18(28-21(26-4)29-20)14-9-17(24)16(12-25)19(10-14)32-5/h9-11,15H,6-8,13H2,1-5H3,(H,27,31)(H,26,28,29). The lowest BCUT2D eigenvalue weighted by molar-refractivity contribution is 0.0500. The summed E-state index contributed by atoms with van der Waals surface area (Å²) in [5.41, 5.74) is 0.215. The molecule has 1 amide bonds. The minimum Gasteiger partial charge on any atom is -0.495 e. The van der Waals surface area contributed by atoms with Crippen molar-refractivity contribution in [1.82, 2.24) is 15.3 Å². The third kappa shape index (κ3) is 6.00. The first kappa shape index (κ1) is 24.0. The number of carbonyl (C=O) groups excluding carboxylic acids is 1. The fraction of sp³-hybridized carbons (Fsp3) is 0.478. The van der Waals surface area contributed by atoms with Crippen molar-refractivity contribution in [1.29, 1.82) is 5.26 Å². The Labute approximate surface area is 192 Å². The SMILES string of the molecule is CNc1nc(-c2cc(F)c(C#N)c(OC)c2)cc(N2CCCC(NC(=O)OC(C)(C)C)C2)n1. The molecular formula is C23H29FN6O3. The van der Waals surface area contributed by atoms with Gasteiger partial charge < -0.3 is 25.0 Å². The number of aromatic nitrogens is 2. The number of anilines is 2. The topological polar surface area (TPSA) is 112 Å². The second-order valence-corrected chi connectivity index (χ2v) is 8.76. The van der Waals surface area contributed by atoms with Crippen LogP contribution >= 0.6 is 0 Å². The number of ether oxygens (including phenoxy) is 2. The molecule has 1 saturated heterocycles. The van der Waals surface area contributed by atoms with E-state index in [0.717, 1.165) is 19.4 Å². The van der Waals surface area contributed by atoms with E-state index in [-0.39, 0.29) is 17.4 Å². The zero-order valence-electron chi connectivity index (χ0n) is 19.5. The third-order valence-electron chi connectivity index (χ3n) is 5.08. The van der Waals surface area contributed by atoms with E-state index in [4.69, 9.17) is 9.47 Å². The smallest absolute Gasteiger partial charge is 0.407 e. The summed E-state index contributed by atoms with van der Waals surface area (Å²) in [6, 6.07) is 6.32. The summed E-state index contributed by atoms with van der Waals surface area (Å²) in [6.45, 7) is 6.76. The lowest BCUT2D eigenvalue weighted by atomic mass is 10.0. The molecule has 1 aromatic heterocycles. The van der Waals surface area contributed by atoms with E-state index in [2.05, 4.69) is 25.5 Å². The van der Waals surface area contributed by atoms with Crippen molar-refractivity contribution in [2.75, 3.05) is 37.5 Å². The maximum atomic E-state index is 14.5. The number of nitriles is 1. The summed E-state index contributed by atoms with van der Waals surface area (Å²) in [4.78, 5) is 23.3. The van der Waals surface area contributed by atoms with Gasteiger partial charge in [-0.05, 0) is 45.7 Å². The Hall–Kier alpha value is -3.61. The number of hydrogen-bond acceptors (Lipinski definition) is 8. The quantitative estimate of drug-likeness (QED) is 0.700. The van der Waals surface area contributed by atoms with Gasteiger partial charge in [0.25, 0.3) is 0 Å². The minimum atomic E-state index is -0.683. The van der Waals surface area contributed by atoms with Crippen LogP contribution in [0, 0.1) is 17.1 Å². The van der Waals surface area contributed by atoms with Crippen molar-refractivity contribution in [2.24, 2.45) is 0 Å². The Bertz CT molecular complexity index is 1060. The molecule has 0 spiro atoms. The molecule has 0 bridgehead atoms. The van der Waals surface area contributed by atoms with Crippen LogP contribution in [-0.4, -0.2) is 55.0 Å². The molecule has 33 heavy (non-hydrogen) atoms. The van der Waals surface area contributed by atoms with Gasteiger partial charge in [-0.3, -0.25) is 0 Å². The Morgan fingerprint density at radius 2 is 2.06 bits per heavy atom. The first-order chi connectivity index (χ1) is 15.6. The van der Waals surface area contributed by atoms with Gasteiger partial charge >= 0.3 is 6.09 Å². The van der Waals surface area contributed by atoms with Crippen LogP contribution in [0.15, 0.2) is 18.2 Å². The van der Waals surface area contributed by atoms with Crippen molar-refractivity contribution < 1.29 is 18.7 Å². The molecule has 9 nitrogen and oxygen atoms in total. The predicted octanol–water partition coefficient (Wildman–Crippen LogP) is 3.70. The van der Waals surface area contributed by atoms with Gasteiger partial charge in [0.15, 0.2) is 0 Å². The summed E-state index contributed by atoms with van der Waals surface area (Å²) in [5.74, 6) is 0.466. The lowest BCUT2D eigenvalue weighted by Gasteiger charge is -2.34. The van der Waals surface area contributed by atoms with E-state index in [1.807, 2.05) is 26.8 Å². The normalized spacial score (nSPS) is 16.0. The highest BCUT2D eigenvalue weighted by atomic mass is 19.1. The molecule has 2 N–H and O–H groups in total. The Morgan fingerprint density at radius 1 is 1.30 bits per heavy atom. The number of nitrogens with zero attached hydrogens (tertiary/aromatic N) is 4. The molecule has 1 atom stereocenters. The second-order valence-electron chi connectivity index (χ2n) is 8.76. The van der Waals surface area contributed by atoms with Gasteiger partial charge in [0.2, 0.25) is 5.95 Å². The van der Waals surface area contributed by atoms with E-state index in [1.54, 1.807) is 19.2 Å². The van der Waals surface area contributed by atoms with E-state index in [1.165, 1.54) is 13.2 Å². The summed E-state index contributed by atoms with van der Waals surface area (Å²) >= 11 is 0. The van der Waals surface area contributed by atoms with Gasteiger partial charge in [-0.15, -0.1) is 0 Å². The second kappa shape index (κ2) is 9.90. The van der Waals surface area contributed by atoms with Crippen LogP contribution in [0.2, 0.25) is 0 Å². The van der Waals surface area contributed by atoms with Crippen LogP contribution in [-0.2, 0) is 4.74 Å². The number of benzene rings is 1. The zero-order chi connectivity index (χ0) is 24.2. The average Bonchev–Trinajstić information content (AvgIpc) is 2.76. The maximum absolute atomic E-state index is 14.5. The highest BCUT2D eigenvalue weighted by molar-refractivity contribution is 5.69. The fourth-order valence-electron chi connectivity index (χ4n) is 3.63. The van der Waals surface area contributed by atoms with Crippen LogP contribution in [0.3, 0.4) is 0 Å². The average molecular weight is 457 g/mol. The number of rotatable bonds is 5. The molecular weight excluding hydrogens is 427 g/mol.